The SMILES string of the molecule is CN(C)CCCN(Cc1cc2cc3c(cc2[nH]c1=O)OCCO3)C(=O)Nc1ccccc1F. The molecule has 2 aromatic carbocycles. The van der Waals surface area contributed by atoms with Crippen LogP contribution in [-0.2, 0) is 6.54 Å². The number of carbonyl (C=O) groups excluding carboxylic acids is 1. The number of halogens is 1. The molecule has 1 aliphatic heterocycles. The molecule has 0 bridgehead atoms. The van der Waals surface area contributed by atoms with E-state index in [9.17, 15) is 14.0 Å². The highest BCUT2D eigenvalue weighted by atomic mass is 19.1. The molecule has 174 valence electrons. The van der Waals surface area contributed by atoms with Crippen LogP contribution < -0.4 is 20.3 Å². The molecule has 2 heterocycles. The highest BCUT2D eigenvalue weighted by Gasteiger charge is 2.19. The number of fused-ring (bicyclic) bond motifs is 2. The van der Waals surface area contributed by atoms with Crippen molar-refractivity contribution in [2.75, 3.05) is 45.7 Å². The number of rotatable bonds is 7. The van der Waals surface area contributed by atoms with Gasteiger partial charge in [-0.05, 0) is 51.3 Å². The third-order valence-electron chi connectivity index (χ3n) is 5.38. The summed E-state index contributed by atoms with van der Waals surface area (Å²) < 4.78 is 25.3. The standard InChI is InChI=1S/C24H27FN4O4/c1-28(2)8-5-9-29(24(31)27-19-7-4-3-6-18(19)25)15-17-12-16-13-21-22(33-11-10-32-21)14-20(16)26-23(17)30/h3-4,6-7,12-14H,5,8-11,15H2,1-2H3,(H,26,30)(H,27,31). The molecule has 0 spiro atoms. The summed E-state index contributed by atoms with van der Waals surface area (Å²) in [6.07, 6.45) is 0.696. The summed E-state index contributed by atoms with van der Waals surface area (Å²) in [6, 6.07) is 10.8. The number of nitrogens with zero attached hydrogens (tertiary/aromatic N) is 2. The zero-order valence-corrected chi connectivity index (χ0v) is 18.7. The van der Waals surface area contributed by atoms with Gasteiger partial charge in [-0.2, -0.15) is 0 Å². The van der Waals surface area contributed by atoms with E-state index in [0.29, 0.717) is 48.8 Å². The lowest BCUT2D eigenvalue weighted by Crippen LogP contribution is -2.38. The minimum absolute atomic E-state index is 0.0768. The van der Waals surface area contributed by atoms with Gasteiger partial charge in [0.15, 0.2) is 11.5 Å². The highest BCUT2D eigenvalue weighted by Crippen LogP contribution is 2.33. The van der Waals surface area contributed by atoms with Crippen LogP contribution in [0.2, 0.25) is 0 Å². The Balaban J connectivity index is 1.60. The maximum absolute atomic E-state index is 14.1. The highest BCUT2D eigenvalue weighted by molar-refractivity contribution is 5.89. The second kappa shape index (κ2) is 9.91. The Hall–Kier alpha value is -3.59. The molecule has 4 rings (SSSR count). The lowest BCUT2D eigenvalue weighted by molar-refractivity contribution is 0.172. The predicted molar refractivity (Wildman–Crippen MR) is 125 cm³/mol. The average molecular weight is 455 g/mol. The Kier molecular flexibility index (Phi) is 6.79. The lowest BCUT2D eigenvalue weighted by Gasteiger charge is -2.24. The summed E-state index contributed by atoms with van der Waals surface area (Å²) in [5.41, 5.74) is 0.850. The quantitative estimate of drug-likeness (QED) is 0.571. The van der Waals surface area contributed by atoms with Gasteiger partial charge in [-0.3, -0.25) is 4.79 Å². The van der Waals surface area contributed by atoms with Crippen molar-refractivity contribution >= 4 is 22.6 Å². The number of pyridine rings is 1. The summed E-state index contributed by atoms with van der Waals surface area (Å²) in [4.78, 5) is 32.2. The Morgan fingerprint density at radius 2 is 1.82 bits per heavy atom. The number of ether oxygens (including phenoxy) is 2. The summed E-state index contributed by atoms with van der Waals surface area (Å²) in [7, 11) is 3.90. The van der Waals surface area contributed by atoms with Crippen molar-refractivity contribution < 1.29 is 18.7 Å². The first-order chi connectivity index (χ1) is 15.9. The third kappa shape index (κ3) is 5.43. The van der Waals surface area contributed by atoms with Crippen LogP contribution >= 0.6 is 0 Å². The van der Waals surface area contributed by atoms with E-state index in [1.807, 2.05) is 25.1 Å². The molecule has 9 heteroatoms. The van der Waals surface area contributed by atoms with E-state index in [1.54, 1.807) is 24.3 Å². The Labute approximate surface area is 190 Å². The van der Waals surface area contributed by atoms with Gasteiger partial charge in [0.05, 0.1) is 17.7 Å². The molecular formula is C24H27FN4O4. The molecular weight excluding hydrogens is 427 g/mol. The lowest BCUT2D eigenvalue weighted by atomic mass is 10.1. The molecule has 0 radical (unpaired) electrons. The maximum atomic E-state index is 14.1. The zero-order valence-electron chi connectivity index (χ0n) is 18.7. The number of hydrogen-bond donors (Lipinski definition) is 2. The maximum Gasteiger partial charge on any atom is 0.322 e. The first-order valence-electron chi connectivity index (χ1n) is 10.8. The number of nitrogens with one attached hydrogen (secondary N) is 2. The number of benzene rings is 2. The summed E-state index contributed by atoms with van der Waals surface area (Å²) >= 11 is 0. The zero-order chi connectivity index (χ0) is 23.4. The molecule has 8 nitrogen and oxygen atoms in total. The molecule has 1 aliphatic rings. The van der Waals surface area contributed by atoms with Crippen molar-refractivity contribution in [2.45, 2.75) is 13.0 Å². The van der Waals surface area contributed by atoms with E-state index in [-0.39, 0.29) is 17.8 Å². The number of urea groups is 1. The fourth-order valence-corrected chi connectivity index (χ4v) is 3.70. The number of hydrogen-bond acceptors (Lipinski definition) is 5. The van der Waals surface area contributed by atoms with E-state index >= 15 is 0 Å². The van der Waals surface area contributed by atoms with Crippen molar-refractivity contribution in [3.63, 3.8) is 0 Å². The molecule has 0 fully saturated rings. The van der Waals surface area contributed by atoms with Gasteiger partial charge in [0, 0.05) is 23.6 Å². The van der Waals surface area contributed by atoms with Gasteiger partial charge in [0.25, 0.3) is 5.56 Å². The Morgan fingerprint density at radius 1 is 1.09 bits per heavy atom. The average Bonchev–Trinajstić information content (AvgIpc) is 2.78. The van der Waals surface area contributed by atoms with Crippen molar-refractivity contribution in [3.8, 4) is 11.5 Å². The van der Waals surface area contributed by atoms with Crippen LogP contribution in [0.3, 0.4) is 0 Å². The van der Waals surface area contributed by atoms with Gasteiger partial charge in [-0.1, -0.05) is 12.1 Å². The number of anilines is 1. The summed E-state index contributed by atoms with van der Waals surface area (Å²) in [6.45, 7) is 2.16. The van der Waals surface area contributed by atoms with Crippen LogP contribution in [0.5, 0.6) is 11.5 Å². The monoisotopic (exact) mass is 454 g/mol. The van der Waals surface area contributed by atoms with Crippen LogP contribution in [0, 0.1) is 5.82 Å². The fraction of sp³-hybridized carbons (Fsp3) is 0.333. The van der Waals surface area contributed by atoms with Crippen molar-refractivity contribution in [2.24, 2.45) is 0 Å². The van der Waals surface area contributed by atoms with E-state index in [2.05, 4.69) is 10.3 Å². The Morgan fingerprint density at radius 3 is 2.55 bits per heavy atom. The number of H-pyrrole nitrogens is 1. The minimum Gasteiger partial charge on any atom is -0.486 e. The molecule has 0 unspecified atom stereocenters. The summed E-state index contributed by atoms with van der Waals surface area (Å²) in [5.74, 6) is 0.688. The van der Waals surface area contributed by atoms with Crippen LogP contribution in [0.25, 0.3) is 10.9 Å². The van der Waals surface area contributed by atoms with Gasteiger partial charge in [-0.25, -0.2) is 9.18 Å². The molecule has 3 aromatic rings. The Bertz CT molecular complexity index is 1210. The fourth-order valence-electron chi connectivity index (χ4n) is 3.70. The summed E-state index contributed by atoms with van der Waals surface area (Å²) in [5, 5.41) is 3.39. The van der Waals surface area contributed by atoms with E-state index in [4.69, 9.17) is 9.47 Å². The molecule has 0 aliphatic carbocycles. The molecule has 0 saturated carbocycles. The number of carbonyl (C=O) groups is 1. The minimum atomic E-state index is -0.519. The largest absolute Gasteiger partial charge is 0.486 e. The molecule has 0 saturated heterocycles. The van der Waals surface area contributed by atoms with Gasteiger partial charge in [0.2, 0.25) is 0 Å². The molecule has 2 amide bonds. The third-order valence-corrected chi connectivity index (χ3v) is 5.38. The van der Waals surface area contributed by atoms with Crippen molar-refractivity contribution in [1.29, 1.82) is 0 Å². The molecule has 1 aromatic heterocycles. The van der Waals surface area contributed by atoms with Crippen molar-refractivity contribution in [1.82, 2.24) is 14.8 Å². The first kappa shape index (κ1) is 22.6. The number of para-hydroxylation sites is 1. The van der Waals surface area contributed by atoms with Gasteiger partial charge in [-0.15, -0.1) is 0 Å². The van der Waals surface area contributed by atoms with Crippen LogP contribution in [-0.4, -0.2) is 61.2 Å². The molecule has 33 heavy (non-hydrogen) atoms. The number of amides is 2. The van der Waals surface area contributed by atoms with E-state index in [1.165, 1.54) is 17.0 Å². The van der Waals surface area contributed by atoms with Gasteiger partial charge in [0.1, 0.15) is 19.0 Å². The molecule has 0 atom stereocenters. The van der Waals surface area contributed by atoms with Gasteiger partial charge < -0.3 is 29.6 Å². The van der Waals surface area contributed by atoms with Crippen LogP contribution in [0.1, 0.15) is 12.0 Å². The van der Waals surface area contributed by atoms with Gasteiger partial charge >= 0.3 is 6.03 Å². The first-order valence-corrected chi connectivity index (χ1v) is 10.8. The van der Waals surface area contributed by atoms with Crippen LogP contribution in [0.15, 0.2) is 47.3 Å². The predicted octanol–water partition coefficient (Wildman–Crippen LogP) is 3.42. The normalized spacial score (nSPS) is 12.7. The van der Waals surface area contributed by atoms with Crippen molar-refractivity contribution in [3.05, 3.63) is 64.2 Å². The molecule has 2 N–H and O–H groups in total. The van der Waals surface area contributed by atoms with E-state index in [0.717, 1.165) is 11.9 Å². The topological polar surface area (TPSA) is 86.9 Å². The number of aromatic nitrogens is 1. The smallest absolute Gasteiger partial charge is 0.322 e. The second-order valence-corrected chi connectivity index (χ2v) is 8.20. The van der Waals surface area contributed by atoms with Crippen LogP contribution in [0.4, 0.5) is 14.9 Å². The van der Waals surface area contributed by atoms with E-state index < -0.39 is 11.8 Å². The second-order valence-electron chi connectivity index (χ2n) is 8.20. The number of aromatic amines is 1.